The van der Waals surface area contributed by atoms with Gasteiger partial charge < -0.3 is 15.7 Å². The monoisotopic (exact) mass is 227 g/mol. The minimum atomic E-state index is -0.547. The normalized spacial score (nSPS) is 9.94. The lowest BCUT2D eigenvalue weighted by atomic mass is 10.3. The zero-order valence-corrected chi connectivity index (χ0v) is 9.02. The summed E-state index contributed by atoms with van der Waals surface area (Å²) in [7, 11) is 1.62. The van der Waals surface area contributed by atoms with E-state index in [0.29, 0.717) is 5.95 Å². The van der Waals surface area contributed by atoms with Crippen LogP contribution in [-0.4, -0.2) is 40.2 Å². The molecule has 0 spiro atoms. The largest absolute Gasteiger partial charge is 0.395 e. The summed E-state index contributed by atoms with van der Waals surface area (Å²) in [6.07, 6.45) is 0. The lowest BCUT2D eigenvalue weighted by Crippen LogP contribution is -2.12. The fourth-order valence-corrected chi connectivity index (χ4v) is 1.19. The minimum absolute atomic E-state index is 0.107. The average molecular weight is 227 g/mol. The number of nitro groups is 1. The van der Waals surface area contributed by atoms with E-state index in [1.54, 1.807) is 7.05 Å². The lowest BCUT2D eigenvalue weighted by molar-refractivity contribution is -0.385. The number of aliphatic hydroxyl groups excluding tert-OH is 1. The number of aromatic nitrogens is 2. The van der Waals surface area contributed by atoms with E-state index in [0.717, 1.165) is 0 Å². The van der Waals surface area contributed by atoms with Crippen LogP contribution >= 0.6 is 0 Å². The summed E-state index contributed by atoms with van der Waals surface area (Å²) < 4.78 is 0. The van der Waals surface area contributed by atoms with Gasteiger partial charge in [0.15, 0.2) is 0 Å². The van der Waals surface area contributed by atoms with E-state index in [9.17, 15) is 10.1 Å². The molecule has 0 aliphatic heterocycles. The third kappa shape index (κ3) is 2.54. The minimum Gasteiger partial charge on any atom is -0.395 e. The number of hydrogen-bond acceptors (Lipinski definition) is 7. The van der Waals surface area contributed by atoms with Crippen molar-refractivity contribution < 1.29 is 10.0 Å². The van der Waals surface area contributed by atoms with Crippen LogP contribution in [0, 0.1) is 17.0 Å². The van der Waals surface area contributed by atoms with E-state index in [4.69, 9.17) is 5.11 Å². The Morgan fingerprint density at radius 2 is 2.19 bits per heavy atom. The van der Waals surface area contributed by atoms with E-state index >= 15 is 0 Å². The Kier molecular flexibility index (Phi) is 3.95. The van der Waals surface area contributed by atoms with Crippen LogP contribution in [0.25, 0.3) is 0 Å². The standard InChI is InChI=1S/C8H13N5O3/c1-5-6(13(15)16)7(10-3-4-14)12-8(9-2)11-5/h14H,3-4H2,1-2H3,(H2,9,10,11,12). The highest BCUT2D eigenvalue weighted by Crippen LogP contribution is 2.25. The van der Waals surface area contributed by atoms with Crippen LogP contribution in [0.15, 0.2) is 0 Å². The van der Waals surface area contributed by atoms with E-state index < -0.39 is 4.92 Å². The van der Waals surface area contributed by atoms with Gasteiger partial charge in [-0.05, 0) is 6.92 Å². The zero-order valence-electron chi connectivity index (χ0n) is 9.02. The molecule has 0 unspecified atom stereocenters. The quantitative estimate of drug-likeness (QED) is 0.484. The van der Waals surface area contributed by atoms with Crippen molar-refractivity contribution in [2.75, 3.05) is 30.8 Å². The molecule has 1 rings (SSSR count). The highest BCUT2D eigenvalue weighted by molar-refractivity contribution is 5.60. The van der Waals surface area contributed by atoms with Gasteiger partial charge in [0, 0.05) is 13.6 Å². The summed E-state index contributed by atoms with van der Waals surface area (Å²) in [5.74, 6) is 0.402. The number of nitrogens with zero attached hydrogens (tertiary/aromatic N) is 3. The van der Waals surface area contributed by atoms with Gasteiger partial charge in [0.05, 0.1) is 11.5 Å². The summed E-state index contributed by atoms with van der Waals surface area (Å²) in [4.78, 5) is 18.1. The van der Waals surface area contributed by atoms with Gasteiger partial charge in [0.1, 0.15) is 5.69 Å². The van der Waals surface area contributed by atoms with Crippen molar-refractivity contribution in [3.8, 4) is 0 Å². The number of hydrogen-bond donors (Lipinski definition) is 3. The van der Waals surface area contributed by atoms with E-state index in [-0.39, 0.29) is 30.4 Å². The maximum absolute atomic E-state index is 10.8. The Morgan fingerprint density at radius 1 is 1.50 bits per heavy atom. The molecule has 8 heteroatoms. The van der Waals surface area contributed by atoms with Gasteiger partial charge in [0.25, 0.3) is 0 Å². The number of aliphatic hydroxyl groups is 1. The van der Waals surface area contributed by atoms with Crippen molar-refractivity contribution in [2.45, 2.75) is 6.92 Å². The summed E-state index contributed by atoms with van der Waals surface area (Å²) in [6, 6.07) is 0. The molecule has 0 amide bonds. The van der Waals surface area contributed by atoms with Gasteiger partial charge in [0.2, 0.25) is 11.8 Å². The molecule has 0 aliphatic carbocycles. The van der Waals surface area contributed by atoms with Crippen LogP contribution in [0.1, 0.15) is 5.69 Å². The van der Waals surface area contributed by atoms with Gasteiger partial charge in [-0.1, -0.05) is 0 Å². The second-order valence-electron chi connectivity index (χ2n) is 2.99. The number of rotatable bonds is 5. The first-order chi connectivity index (χ1) is 7.60. The summed E-state index contributed by atoms with van der Waals surface area (Å²) in [6.45, 7) is 1.60. The first-order valence-electron chi connectivity index (χ1n) is 4.65. The molecule has 0 aliphatic rings. The molecule has 88 valence electrons. The van der Waals surface area contributed by atoms with Crippen LogP contribution in [0.4, 0.5) is 17.5 Å². The van der Waals surface area contributed by atoms with Crippen molar-refractivity contribution in [1.29, 1.82) is 0 Å². The highest BCUT2D eigenvalue weighted by Gasteiger charge is 2.21. The predicted molar refractivity (Wildman–Crippen MR) is 58.5 cm³/mol. The van der Waals surface area contributed by atoms with Crippen LogP contribution < -0.4 is 10.6 Å². The Hall–Kier alpha value is -1.96. The number of nitrogens with one attached hydrogen (secondary N) is 2. The second kappa shape index (κ2) is 5.21. The third-order valence-corrected chi connectivity index (χ3v) is 1.87. The van der Waals surface area contributed by atoms with Crippen LogP contribution in [0.3, 0.4) is 0 Å². The topological polar surface area (TPSA) is 113 Å². The van der Waals surface area contributed by atoms with Gasteiger partial charge in [-0.3, -0.25) is 10.1 Å². The van der Waals surface area contributed by atoms with Crippen molar-refractivity contribution in [3.05, 3.63) is 15.8 Å². The fourth-order valence-electron chi connectivity index (χ4n) is 1.19. The highest BCUT2D eigenvalue weighted by atomic mass is 16.6. The molecule has 1 aromatic rings. The Balaban J connectivity index is 3.17. The van der Waals surface area contributed by atoms with Crippen LogP contribution in [-0.2, 0) is 0 Å². The molecule has 0 fully saturated rings. The molecule has 0 saturated carbocycles. The van der Waals surface area contributed by atoms with Crippen molar-refractivity contribution >= 4 is 17.5 Å². The smallest absolute Gasteiger partial charge is 0.332 e. The lowest BCUT2D eigenvalue weighted by Gasteiger charge is -2.08. The second-order valence-corrected chi connectivity index (χ2v) is 2.99. The first kappa shape index (κ1) is 12.1. The van der Waals surface area contributed by atoms with Crippen LogP contribution in [0.5, 0.6) is 0 Å². The van der Waals surface area contributed by atoms with Crippen LogP contribution in [0.2, 0.25) is 0 Å². The van der Waals surface area contributed by atoms with Crippen molar-refractivity contribution in [1.82, 2.24) is 9.97 Å². The third-order valence-electron chi connectivity index (χ3n) is 1.87. The molecule has 0 aromatic carbocycles. The summed E-state index contributed by atoms with van der Waals surface area (Å²) >= 11 is 0. The zero-order chi connectivity index (χ0) is 12.1. The van der Waals surface area contributed by atoms with Crippen molar-refractivity contribution in [2.24, 2.45) is 0 Å². The Bertz CT molecular complexity index is 396. The van der Waals surface area contributed by atoms with E-state index in [2.05, 4.69) is 20.6 Å². The Labute approximate surface area is 91.9 Å². The molecule has 0 bridgehead atoms. The van der Waals surface area contributed by atoms with Gasteiger partial charge in [-0.25, -0.2) is 4.98 Å². The molecule has 8 nitrogen and oxygen atoms in total. The first-order valence-corrected chi connectivity index (χ1v) is 4.65. The maximum atomic E-state index is 10.8. The summed E-state index contributed by atoms with van der Waals surface area (Å²) in [5.41, 5.74) is 0.0947. The van der Waals surface area contributed by atoms with E-state index in [1.165, 1.54) is 6.92 Å². The van der Waals surface area contributed by atoms with Gasteiger partial charge >= 0.3 is 5.69 Å². The number of anilines is 2. The molecule has 1 heterocycles. The number of aryl methyl sites for hydroxylation is 1. The molecule has 3 N–H and O–H groups in total. The molecular weight excluding hydrogens is 214 g/mol. The molecule has 1 aromatic heterocycles. The van der Waals surface area contributed by atoms with Gasteiger partial charge in [-0.15, -0.1) is 0 Å². The molecule has 0 radical (unpaired) electrons. The van der Waals surface area contributed by atoms with Gasteiger partial charge in [-0.2, -0.15) is 4.98 Å². The molecule has 16 heavy (non-hydrogen) atoms. The predicted octanol–water partition coefficient (Wildman–Crippen LogP) is 0.139. The molecule has 0 atom stereocenters. The maximum Gasteiger partial charge on any atom is 0.332 e. The fraction of sp³-hybridized carbons (Fsp3) is 0.500. The van der Waals surface area contributed by atoms with E-state index in [1.807, 2.05) is 0 Å². The van der Waals surface area contributed by atoms with Crippen molar-refractivity contribution in [3.63, 3.8) is 0 Å². The molecule has 0 saturated heterocycles. The SMILES string of the molecule is CNc1nc(C)c([N+](=O)[O-])c(NCCO)n1. The summed E-state index contributed by atoms with van der Waals surface area (Å²) in [5, 5.41) is 24.8. The molecular formula is C8H13N5O3. The average Bonchev–Trinajstić information content (AvgIpc) is 2.24. The Morgan fingerprint density at radius 3 is 2.69 bits per heavy atom.